The van der Waals surface area contributed by atoms with Crippen molar-refractivity contribution in [1.29, 1.82) is 0 Å². The third-order valence-electron chi connectivity index (χ3n) is 3.07. The van der Waals surface area contributed by atoms with Gasteiger partial charge in [-0.15, -0.1) is 0 Å². The number of likely N-dealkylation sites (N-methyl/N-ethyl adjacent to an activating group) is 1. The van der Waals surface area contributed by atoms with Crippen molar-refractivity contribution in [2.45, 2.75) is 43.9 Å². The third kappa shape index (κ3) is 2.01. The Morgan fingerprint density at radius 2 is 2.00 bits per heavy atom. The second-order valence-electron chi connectivity index (χ2n) is 4.23. The molecule has 0 spiro atoms. The standard InChI is InChI=1S/C9H17NO4S/c1-4-7(8(11)12)10(3)15(13,14)9(2)5-6-9/h7H,4-6H2,1-3H3,(H,11,12). The monoisotopic (exact) mass is 235 g/mol. The summed E-state index contributed by atoms with van der Waals surface area (Å²) in [5.74, 6) is -1.09. The van der Waals surface area contributed by atoms with Crippen LogP contribution < -0.4 is 0 Å². The van der Waals surface area contributed by atoms with E-state index in [0.717, 1.165) is 4.31 Å². The van der Waals surface area contributed by atoms with Gasteiger partial charge in [-0.05, 0) is 26.2 Å². The van der Waals surface area contributed by atoms with E-state index in [0.29, 0.717) is 12.8 Å². The number of sulfonamides is 1. The Hall–Kier alpha value is -0.620. The molecule has 0 amide bonds. The second kappa shape index (κ2) is 3.75. The first kappa shape index (κ1) is 12.4. The zero-order valence-electron chi connectivity index (χ0n) is 9.23. The molecule has 0 saturated heterocycles. The molecule has 1 saturated carbocycles. The van der Waals surface area contributed by atoms with Gasteiger partial charge in [0.2, 0.25) is 10.0 Å². The SMILES string of the molecule is CCC(C(=O)O)N(C)S(=O)(=O)C1(C)CC1. The van der Waals surface area contributed by atoms with Crippen molar-refractivity contribution < 1.29 is 18.3 Å². The minimum atomic E-state index is -3.47. The lowest BCUT2D eigenvalue weighted by atomic mass is 10.2. The van der Waals surface area contributed by atoms with Crippen LogP contribution in [0, 0.1) is 0 Å². The molecule has 0 aromatic rings. The van der Waals surface area contributed by atoms with Gasteiger partial charge in [0, 0.05) is 7.05 Å². The summed E-state index contributed by atoms with van der Waals surface area (Å²) in [6.07, 6.45) is 1.52. The van der Waals surface area contributed by atoms with Crippen LogP contribution in [0.2, 0.25) is 0 Å². The highest BCUT2D eigenvalue weighted by Gasteiger charge is 2.53. The van der Waals surface area contributed by atoms with E-state index >= 15 is 0 Å². The topological polar surface area (TPSA) is 74.7 Å². The number of carboxylic acid groups (broad SMARTS) is 1. The molecule has 1 unspecified atom stereocenters. The quantitative estimate of drug-likeness (QED) is 0.759. The Morgan fingerprint density at radius 1 is 1.53 bits per heavy atom. The van der Waals surface area contributed by atoms with Crippen molar-refractivity contribution in [1.82, 2.24) is 4.31 Å². The average molecular weight is 235 g/mol. The van der Waals surface area contributed by atoms with E-state index in [1.807, 2.05) is 0 Å². The molecule has 0 bridgehead atoms. The fraction of sp³-hybridized carbons (Fsp3) is 0.889. The molecule has 0 aromatic carbocycles. The lowest BCUT2D eigenvalue weighted by Gasteiger charge is -2.26. The molecule has 1 aliphatic rings. The summed E-state index contributed by atoms with van der Waals surface area (Å²) in [5, 5.41) is 8.89. The number of hydrogen-bond donors (Lipinski definition) is 1. The van der Waals surface area contributed by atoms with Crippen molar-refractivity contribution in [2.75, 3.05) is 7.05 Å². The largest absolute Gasteiger partial charge is 0.480 e. The van der Waals surface area contributed by atoms with Crippen molar-refractivity contribution >= 4 is 16.0 Å². The van der Waals surface area contributed by atoms with Gasteiger partial charge in [0.1, 0.15) is 6.04 Å². The zero-order chi connectivity index (χ0) is 11.9. The maximum Gasteiger partial charge on any atom is 0.321 e. The van der Waals surface area contributed by atoms with Gasteiger partial charge >= 0.3 is 5.97 Å². The van der Waals surface area contributed by atoms with Crippen LogP contribution in [0.3, 0.4) is 0 Å². The van der Waals surface area contributed by atoms with Crippen LogP contribution >= 0.6 is 0 Å². The minimum Gasteiger partial charge on any atom is -0.480 e. The van der Waals surface area contributed by atoms with Crippen molar-refractivity contribution in [3.63, 3.8) is 0 Å². The van der Waals surface area contributed by atoms with Crippen LogP contribution in [0.1, 0.15) is 33.1 Å². The number of carboxylic acids is 1. The highest BCUT2D eigenvalue weighted by atomic mass is 32.2. The van der Waals surface area contributed by atoms with Gasteiger partial charge in [-0.1, -0.05) is 6.92 Å². The van der Waals surface area contributed by atoms with Crippen LogP contribution in [0.5, 0.6) is 0 Å². The molecular formula is C9H17NO4S. The number of rotatable bonds is 5. The minimum absolute atomic E-state index is 0.279. The molecule has 6 heteroatoms. The highest BCUT2D eigenvalue weighted by molar-refractivity contribution is 7.90. The van der Waals surface area contributed by atoms with E-state index < -0.39 is 26.8 Å². The highest BCUT2D eigenvalue weighted by Crippen LogP contribution is 2.44. The lowest BCUT2D eigenvalue weighted by molar-refractivity contribution is -0.141. The first-order valence-corrected chi connectivity index (χ1v) is 6.40. The van der Waals surface area contributed by atoms with Crippen LogP contribution in [-0.4, -0.2) is 41.6 Å². The summed E-state index contributed by atoms with van der Waals surface area (Å²) in [6, 6.07) is -0.951. The molecule has 1 fully saturated rings. The normalized spacial score (nSPS) is 21.3. The van der Waals surface area contributed by atoms with E-state index in [-0.39, 0.29) is 6.42 Å². The van der Waals surface area contributed by atoms with Crippen LogP contribution in [0.4, 0.5) is 0 Å². The lowest BCUT2D eigenvalue weighted by Crippen LogP contribution is -2.46. The summed E-state index contributed by atoms with van der Waals surface area (Å²) in [6.45, 7) is 3.33. The van der Waals surface area contributed by atoms with E-state index in [2.05, 4.69) is 0 Å². The van der Waals surface area contributed by atoms with E-state index in [4.69, 9.17) is 5.11 Å². The van der Waals surface area contributed by atoms with Gasteiger partial charge < -0.3 is 5.11 Å². The fourth-order valence-electron chi connectivity index (χ4n) is 1.54. The number of aliphatic carboxylic acids is 1. The van der Waals surface area contributed by atoms with E-state index in [1.165, 1.54) is 7.05 Å². The van der Waals surface area contributed by atoms with E-state index in [9.17, 15) is 13.2 Å². The van der Waals surface area contributed by atoms with Crippen LogP contribution in [0.25, 0.3) is 0 Å². The predicted octanol–water partition coefficient (Wildman–Crippen LogP) is 0.664. The summed E-state index contributed by atoms with van der Waals surface area (Å²) in [5.41, 5.74) is 0. The summed E-state index contributed by atoms with van der Waals surface area (Å²) < 4.78 is 24.2. The summed E-state index contributed by atoms with van der Waals surface area (Å²) in [4.78, 5) is 10.9. The smallest absolute Gasteiger partial charge is 0.321 e. The third-order valence-corrected chi connectivity index (χ3v) is 5.73. The Kier molecular flexibility index (Phi) is 3.11. The zero-order valence-corrected chi connectivity index (χ0v) is 10.0. The van der Waals surface area contributed by atoms with Crippen molar-refractivity contribution in [2.24, 2.45) is 0 Å². The van der Waals surface area contributed by atoms with Crippen LogP contribution in [-0.2, 0) is 14.8 Å². The Balaban J connectivity index is 2.93. The molecule has 1 N–H and O–H groups in total. The molecule has 5 nitrogen and oxygen atoms in total. The maximum atomic E-state index is 12.0. The molecule has 0 heterocycles. The molecule has 0 aliphatic heterocycles. The molecular weight excluding hydrogens is 218 g/mol. The maximum absolute atomic E-state index is 12.0. The molecule has 88 valence electrons. The summed E-state index contributed by atoms with van der Waals surface area (Å²) >= 11 is 0. The molecule has 0 radical (unpaired) electrons. The Morgan fingerprint density at radius 3 is 2.27 bits per heavy atom. The van der Waals surface area contributed by atoms with E-state index in [1.54, 1.807) is 13.8 Å². The number of hydrogen-bond acceptors (Lipinski definition) is 3. The first-order valence-electron chi connectivity index (χ1n) is 4.96. The van der Waals surface area contributed by atoms with Gasteiger partial charge in [-0.3, -0.25) is 4.79 Å². The van der Waals surface area contributed by atoms with Crippen molar-refractivity contribution in [3.05, 3.63) is 0 Å². The predicted molar refractivity (Wildman–Crippen MR) is 56.0 cm³/mol. The second-order valence-corrected chi connectivity index (χ2v) is 6.75. The molecule has 15 heavy (non-hydrogen) atoms. The molecule has 1 aliphatic carbocycles. The number of nitrogens with zero attached hydrogens (tertiary/aromatic N) is 1. The van der Waals surface area contributed by atoms with Gasteiger partial charge in [-0.2, -0.15) is 4.31 Å². The van der Waals surface area contributed by atoms with Gasteiger partial charge in [0.25, 0.3) is 0 Å². The molecule has 1 rings (SSSR count). The molecule has 1 atom stereocenters. The van der Waals surface area contributed by atoms with Gasteiger partial charge in [0.05, 0.1) is 4.75 Å². The Labute approximate surface area is 90.1 Å². The number of carbonyl (C=O) groups is 1. The van der Waals surface area contributed by atoms with Crippen LogP contribution in [0.15, 0.2) is 0 Å². The van der Waals surface area contributed by atoms with Gasteiger partial charge in [-0.25, -0.2) is 8.42 Å². The fourth-order valence-corrected chi connectivity index (χ4v) is 3.42. The first-order chi connectivity index (χ1) is 6.76. The van der Waals surface area contributed by atoms with Crippen molar-refractivity contribution in [3.8, 4) is 0 Å². The average Bonchev–Trinajstić information content (AvgIpc) is 2.85. The Bertz CT molecular complexity index is 358. The van der Waals surface area contributed by atoms with Gasteiger partial charge in [0.15, 0.2) is 0 Å². The summed E-state index contributed by atoms with van der Waals surface area (Å²) in [7, 11) is -2.12. The molecule has 0 aromatic heterocycles.